The number of hydrogen-bond donors (Lipinski definition) is 2. The third-order valence-corrected chi connectivity index (χ3v) is 3.90. The fourth-order valence-corrected chi connectivity index (χ4v) is 2.96. The number of hydrogen-bond acceptors (Lipinski definition) is 1. The van der Waals surface area contributed by atoms with Crippen molar-refractivity contribution in [1.82, 2.24) is 9.97 Å². The maximum Gasteiger partial charge on any atom is 0.174 e. The van der Waals surface area contributed by atoms with Gasteiger partial charge in [0.2, 0.25) is 0 Å². The first-order valence-electron chi connectivity index (χ1n) is 6.55. The largest absolute Gasteiger partial charge is 0.337 e. The average molecular weight is 292 g/mol. The molecule has 1 aliphatic rings. The second-order valence-electron chi connectivity index (χ2n) is 5.03. The third-order valence-electron chi connectivity index (χ3n) is 3.68. The van der Waals surface area contributed by atoms with Crippen LogP contribution in [0.4, 0.5) is 8.78 Å². The van der Waals surface area contributed by atoms with Crippen LogP contribution in [0.1, 0.15) is 24.1 Å². The molecule has 20 heavy (non-hydrogen) atoms. The molecule has 0 fully saturated rings. The van der Waals surface area contributed by atoms with Gasteiger partial charge in [0, 0.05) is 17.5 Å². The van der Waals surface area contributed by atoms with Crippen LogP contribution in [0.15, 0.2) is 30.5 Å². The van der Waals surface area contributed by atoms with Gasteiger partial charge in [-0.25, -0.2) is 8.78 Å². The van der Waals surface area contributed by atoms with Crippen LogP contribution in [-0.2, 0) is 6.42 Å². The summed E-state index contributed by atoms with van der Waals surface area (Å²) in [4.78, 5) is 5.99. The van der Waals surface area contributed by atoms with E-state index in [0.717, 1.165) is 36.6 Å². The maximum atomic E-state index is 13.9. The van der Waals surface area contributed by atoms with Crippen molar-refractivity contribution in [2.24, 2.45) is 5.92 Å². The molecular weight excluding hydrogens is 278 g/mol. The second kappa shape index (κ2) is 5.32. The van der Waals surface area contributed by atoms with Crippen molar-refractivity contribution in [3.63, 3.8) is 0 Å². The Labute approximate surface area is 120 Å². The molecule has 0 saturated heterocycles. The maximum absolute atomic E-state index is 13.9. The highest BCUT2D eigenvalue weighted by atomic mass is 32.1. The third kappa shape index (κ3) is 2.58. The highest BCUT2D eigenvalue weighted by molar-refractivity contribution is 7.71. The summed E-state index contributed by atoms with van der Waals surface area (Å²) in [6, 6.07) is 3.61. The summed E-state index contributed by atoms with van der Waals surface area (Å²) >= 11 is 5.00. The molecule has 104 valence electrons. The molecule has 3 rings (SSSR count). The van der Waals surface area contributed by atoms with E-state index in [4.69, 9.17) is 12.2 Å². The molecule has 5 heteroatoms. The summed E-state index contributed by atoms with van der Waals surface area (Å²) in [5.74, 6) is -0.590. The van der Waals surface area contributed by atoms with E-state index in [2.05, 4.69) is 9.97 Å². The summed E-state index contributed by atoms with van der Waals surface area (Å²) in [7, 11) is 0. The van der Waals surface area contributed by atoms with Crippen LogP contribution in [0, 0.1) is 22.3 Å². The minimum Gasteiger partial charge on any atom is -0.337 e. The first-order chi connectivity index (χ1) is 9.63. The molecule has 0 spiro atoms. The van der Waals surface area contributed by atoms with Crippen LogP contribution in [0.2, 0.25) is 0 Å². The van der Waals surface area contributed by atoms with Gasteiger partial charge in [0.25, 0.3) is 0 Å². The first kappa shape index (κ1) is 13.2. The molecule has 0 bridgehead atoms. The highest BCUT2D eigenvalue weighted by Gasteiger charge is 2.23. The predicted molar refractivity (Wildman–Crippen MR) is 76.7 cm³/mol. The lowest BCUT2D eigenvalue weighted by Crippen LogP contribution is -2.05. The van der Waals surface area contributed by atoms with Crippen molar-refractivity contribution in [2.45, 2.75) is 19.3 Å². The lowest BCUT2D eigenvalue weighted by atomic mass is 9.91. The van der Waals surface area contributed by atoms with Gasteiger partial charge in [0.15, 0.2) is 4.77 Å². The van der Waals surface area contributed by atoms with E-state index in [9.17, 15) is 8.78 Å². The van der Waals surface area contributed by atoms with Crippen molar-refractivity contribution < 1.29 is 8.78 Å². The van der Waals surface area contributed by atoms with E-state index in [-0.39, 0.29) is 11.7 Å². The monoisotopic (exact) mass is 292 g/mol. The Balaban J connectivity index is 1.88. The van der Waals surface area contributed by atoms with Crippen molar-refractivity contribution in [3.05, 3.63) is 58.1 Å². The number of aromatic nitrogens is 2. The van der Waals surface area contributed by atoms with Gasteiger partial charge in [0.05, 0.1) is 0 Å². The summed E-state index contributed by atoms with van der Waals surface area (Å²) in [5.41, 5.74) is 2.26. The summed E-state index contributed by atoms with van der Waals surface area (Å²) < 4.78 is 27.8. The molecule has 2 aromatic rings. The summed E-state index contributed by atoms with van der Waals surface area (Å²) in [6.45, 7) is 0. The molecule has 1 aromatic heterocycles. The van der Waals surface area contributed by atoms with Gasteiger partial charge in [-0.15, -0.1) is 0 Å². The molecular formula is C15H14F2N2S. The van der Waals surface area contributed by atoms with Crippen molar-refractivity contribution in [1.29, 1.82) is 0 Å². The van der Waals surface area contributed by atoms with E-state index >= 15 is 0 Å². The number of aromatic amines is 2. The smallest absolute Gasteiger partial charge is 0.174 e. The fraction of sp³-hybridized carbons (Fsp3) is 0.267. The normalized spacial score (nSPS) is 18.3. The molecule has 0 aliphatic heterocycles. The van der Waals surface area contributed by atoms with Gasteiger partial charge in [-0.05, 0) is 61.2 Å². The average Bonchev–Trinajstić information content (AvgIpc) is 3.02. The van der Waals surface area contributed by atoms with E-state index in [0.29, 0.717) is 10.3 Å². The van der Waals surface area contributed by atoms with Gasteiger partial charge in [-0.2, -0.15) is 0 Å². The van der Waals surface area contributed by atoms with Crippen molar-refractivity contribution >= 4 is 17.8 Å². The van der Waals surface area contributed by atoms with Gasteiger partial charge in [0.1, 0.15) is 11.6 Å². The van der Waals surface area contributed by atoms with Crippen LogP contribution in [-0.4, -0.2) is 9.97 Å². The zero-order valence-corrected chi connectivity index (χ0v) is 11.6. The summed E-state index contributed by atoms with van der Waals surface area (Å²) in [6.07, 6.45) is 6.41. The molecule has 1 aliphatic carbocycles. The number of halogens is 2. The Kier molecular flexibility index (Phi) is 3.53. The molecule has 0 radical (unpaired) electrons. The number of nitrogens with one attached hydrogen (secondary N) is 2. The van der Waals surface area contributed by atoms with E-state index in [1.165, 1.54) is 12.1 Å². The number of rotatable bonds is 3. The van der Waals surface area contributed by atoms with E-state index in [1.807, 2.05) is 12.3 Å². The molecule has 0 saturated carbocycles. The standard InChI is InChI=1S/C15H14F2N2S/c16-10-4-5-14(17)13(7-10)12-3-1-2-9(12)6-11-8-18-15(20)19-11/h3-5,7-9H,1-2,6H2,(H2,18,19,20). The zero-order chi connectivity index (χ0) is 14.1. The quantitative estimate of drug-likeness (QED) is 0.808. The van der Waals surface area contributed by atoms with E-state index in [1.54, 1.807) is 0 Å². The Morgan fingerprint density at radius 1 is 1.30 bits per heavy atom. The van der Waals surface area contributed by atoms with Gasteiger partial charge in [-0.3, -0.25) is 0 Å². The van der Waals surface area contributed by atoms with Crippen LogP contribution in [0.5, 0.6) is 0 Å². The van der Waals surface area contributed by atoms with E-state index < -0.39 is 5.82 Å². The highest BCUT2D eigenvalue weighted by Crippen LogP contribution is 2.37. The number of imidazole rings is 1. The predicted octanol–water partition coefficient (Wildman–Crippen LogP) is 4.39. The topological polar surface area (TPSA) is 31.6 Å². The molecule has 1 unspecified atom stereocenters. The summed E-state index contributed by atoms with van der Waals surface area (Å²) in [5, 5.41) is 0. The van der Waals surface area contributed by atoms with Crippen molar-refractivity contribution in [3.8, 4) is 0 Å². The van der Waals surface area contributed by atoms with Gasteiger partial charge in [-0.1, -0.05) is 6.08 Å². The molecule has 0 amide bonds. The first-order valence-corrected chi connectivity index (χ1v) is 6.96. The minimum absolute atomic E-state index is 0.188. The fourth-order valence-electron chi connectivity index (χ4n) is 2.77. The molecule has 2 nitrogen and oxygen atoms in total. The molecule has 1 aromatic carbocycles. The lowest BCUT2D eigenvalue weighted by Gasteiger charge is -2.15. The van der Waals surface area contributed by atoms with Crippen LogP contribution < -0.4 is 0 Å². The van der Waals surface area contributed by atoms with Crippen molar-refractivity contribution in [2.75, 3.05) is 0 Å². The van der Waals surface area contributed by atoms with Crippen LogP contribution in [0.25, 0.3) is 5.57 Å². The Morgan fingerprint density at radius 3 is 2.90 bits per heavy atom. The zero-order valence-electron chi connectivity index (χ0n) is 10.7. The SMILES string of the molecule is Fc1ccc(F)c(C2=CCCC2Cc2c[nH]c(=S)[nH]2)c1. The number of allylic oxidation sites excluding steroid dienone is 2. The Morgan fingerprint density at radius 2 is 2.15 bits per heavy atom. The molecule has 1 heterocycles. The van der Waals surface area contributed by atoms with Crippen LogP contribution >= 0.6 is 12.2 Å². The molecule has 2 N–H and O–H groups in total. The van der Waals surface area contributed by atoms with Gasteiger partial charge >= 0.3 is 0 Å². The second-order valence-corrected chi connectivity index (χ2v) is 5.44. The Bertz CT molecular complexity index is 715. The number of H-pyrrole nitrogens is 2. The Hall–Kier alpha value is -1.75. The molecule has 1 atom stereocenters. The minimum atomic E-state index is -0.408. The lowest BCUT2D eigenvalue weighted by molar-refractivity contribution is 0.587. The van der Waals surface area contributed by atoms with Gasteiger partial charge < -0.3 is 9.97 Å². The van der Waals surface area contributed by atoms with Crippen LogP contribution in [0.3, 0.4) is 0 Å². The number of benzene rings is 1.